The molecule has 1 atom stereocenters. The van der Waals surface area contributed by atoms with Gasteiger partial charge in [0.2, 0.25) is 6.43 Å². The van der Waals surface area contributed by atoms with E-state index in [2.05, 4.69) is 6.92 Å². The van der Waals surface area contributed by atoms with Crippen LogP contribution in [0.4, 0.5) is 8.78 Å². The Bertz CT molecular complexity index is 448. The van der Waals surface area contributed by atoms with E-state index in [1.807, 2.05) is 6.08 Å². The van der Waals surface area contributed by atoms with Crippen molar-refractivity contribution >= 4 is 5.97 Å². The molecule has 0 aromatic carbocycles. The van der Waals surface area contributed by atoms with E-state index in [4.69, 9.17) is 0 Å². The highest BCUT2D eigenvalue weighted by Crippen LogP contribution is 2.41. The molecule has 2 aliphatic rings. The van der Waals surface area contributed by atoms with Gasteiger partial charge in [0.05, 0.1) is 5.41 Å². The summed E-state index contributed by atoms with van der Waals surface area (Å²) in [5, 5.41) is 9.31. The van der Waals surface area contributed by atoms with E-state index in [1.165, 1.54) is 31.8 Å². The molecule has 0 aliphatic heterocycles. The Morgan fingerprint density at radius 2 is 2.05 bits per heavy atom. The Kier molecular flexibility index (Phi) is 5.76. The van der Waals surface area contributed by atoms with Crippen molar-refractivity contribution in [3.05, 3.63) is 23.8 Å². The molecule has 2 aliphatic carbocycles. The Hall–Kier alpha value is -1.19. The van der Waals surface area contributed by atoms with Crippen LogP contribution in [0.5, 0.6) is 0 Å². The second-order valence-corrected chi connectivity index (χ2v) is 6.80. The molecule has 0 saturated heterocycles. The van der Waals surface area contributed by atoms with E-state index in [0.29, 0.717) is 5.92 Å². The SMILES string of the molecule is CCCC1CCC(C2=CCC(CC(F)F)(C(=O)O)C=C2)CC1. The molecular formula is C18H26F2O2. The van der Waals surface area contributed by atoms with Crippen LogP contribution in [-0.4, -0.2) is 17.5 Å². The molecule has 0 radical (unpaired) electrons. The van der Waals surface area contributed by atoms with Crippen molar-refractivity contribution in [1.82, 2.24) is 0 Å². The maximum absolute atomic E-state index is 12.7. The van der Waals surface area contributed by atoms with E-state index in [-0.39, 0.29) is 6.42 Å². The summed E-state index contributed by atoms with van der Waals surface area (Å²) in [6.45, 7) is 2.22. The van der Waals surface area contributed by atoms with Gasteiger partial charge in [0, 0.05) is 6.42 Å². The number of carbonyl (C=O) groups is 1. The number of rotatable bonds is 6. The normalized spacial score (nSPS) is 32.1. The van der Waals surface area contributed by atoms with Crippen LogP contribution in [0.15, 0.2) is 23.8 Å². The number of hydrogen-bond acceptors (Lipinski definition) is 1. The molecular weight excluding hydrogens is 286 g/mol. The smallest absolute Gasteiger partial charge is 0.314 e. The van der Waals surface area contributed by atoms with Crippen LogP contribution in [0, 0.1) is 17.3 Å². The van der Waals surface area contributed by atoms with Gasteiger partial charge in [0.15, 0.2) is 0 Å². The van der Waals surface area contributed by atoms with Crippen molar-refractivity contribution in [2.24, 2.45) is 17.3 Å². The van der Waals surface area contributed by atoms with Gasteiger partial charge < -0.3 is 5.11 Å². The van der Waals surface area contributed by atoms with Crippen LogP contribution in [-0.2, 0) is 4.79 Å². The molecule has 0 heterocycles. The Balaban J connectivity index is 1.97. The molecule has 124 valence electrons. The standard InChI is InChI=1S/C18H26F2O2/c1-2-3-13-4-6-14(7-5-13)15-8-10-18(11-9-15,17(21)22)12-16(19)20/h8-10,13-14,16H,2-7,11-12H2,1H3,(H,21,22). The highest BCUT2D eigenvalue weighted by atomic mass is 19.3. The van der Waals surface area contributed by atoms with Crippen LogP contribution < -0.4 is 0 Å². The molecule has 0 bridgehead atoms. The summed E-state index contributed by atoms with van der Waals surface area (Å²) < 4.78 is 25.3. The van der Waals surface area contributed by atoms with Crippen LogP contribution >= 0.6 is 0 Å². The fraction of sp³-hybridized carbons (Fsp3) is 0.722. The first-order valence-electron chi connectivity index (χ1n) is 8.37. The fourth-order valence-corrected chi connectivity index (χ4v) is 3.86. The van der Waals surface area contributed by atoms with Crippen LogP contribution in [0.2, 0.25) is 0 Å². The first-order chi connectivity index (χ1) is 10.5. The number of carboxylic acids is 1. The van der Waals surface area contributed by atoms with E-state index in [0.717, 1.165) is 24.3 Å². The van der Waals surface area contributed by atoms with E-state index >= 15 is 0 Å². The molecule has 0 aromatic rings. The van der Waals surface area contributed by atoms with Gasteiger partial charge >= 0.3 is 5.97 Å². The zero-order valence-corrected chi connectivity index (χ0v) is 13.2. The summed E-state index contributed by atoms with van der Waals surface area (Å²) >= 11 is 0. The summed E-state index contributed by atoms with van der Waals surface area (Å²) in [5.41, 5.74) is -0.266. The predicted octanol–water partition coefficient (Wildman–Crippen LogP) is 5.21. The molecule has 1 fully saturated rings. The lowest BCUT2D eigenvalue weighted by Crippen LogP contribution is -2.32. The first kappa shape index (κ1) is 17.2. The molecule has 1 saturated carbocycles. The quantitative estimate of drug-likeness (QED) is 0.731. The highest BCUT2D eigenvalue weighted by molar-refractivity contribution is 5.78. The summed E-state index contributed by atoms with van der Waals surface area (Å²) in [6, 6.07) is 0. The zero-order chi connectivity index (χ0) is 16.2. The number of allylic oxidation sites excluding steroid dienone is 3. The summed E-state index contributed by atoms with van der Waals surface area (Å²) in [7, 11) is 0. The fourth-order valence-electron chi connectivity index (χ4n) is 3.86. The van der Waals surface area contributed by atoms with Crippen molar-refractivity contribution in [2.75, 3.05) is 0 Å². The van der Waals surface area contributed by atoms with Gasteiger partial charge in [0.25, 0.3) is 0 Å². The minimum Gasteiger partial charge on any atom is -0.481 e. The number of aliphatic carboxylic acids is 1. The third-order valence-corrected chi connectivity index (χ3v) is 5.26. The van der Waals surface area contributed by atoms with Crippen LogP contribution in [0.1, 0.15) is 58.3 Å². The lowest BCUT2D eigenvalue weighted by atomic mass is 9.72. The molecule has 0 aromatic heterocycles. The van der Waals surface area contributed by atoms with Gasteiger partial charge in [-0.15, -0.1) is 0 Å². The molecule has 4 heteroatoms. The Morgan fingerprint density at radius 3 is 2.50 bits per heavy atom. The van der Waals surface area contributed by atoms with Crippen molar-refractivity contribution < 1.29 is 18.7 Å². The molecule has 1 unspecified atom stereocenters. The van der Waals surface area contributed by atoms with Gasteiger partial charge in [-0.3, -0.25) is 4.79 Å². The molecule has 0 spiro atoms. The molecule has 2 rings (SSSR count). The lowest BCUT2D eigenvalue weighted by Gasteiger charge is -2.33. The van der Waals surface area contributed by atoms with E-state index in [9.17, 15) is 18.7 Å². The Labute approximate surface area is 131 Å². The van der Waals surface area contributed by atoms with Gasteiger partial charge in [-0.25, -0.2) is 8.78 Å². The lowest BCUT2D eigenvalue weighted by molar-refractivity contribution is -0.148. The third kappa shape index (κ3) is 3.96. The van der Waals surface area contributed by atoms with Crippen LogP contribution in [0.25, 0.3) is 0 Å². The topological polar surface area (TPSA) is 37.3 Å². The molecule has 22 heavy (non-hydrogen) atoms. The molecule has 0 amide bonds. The van der Waals surface area contributed by atoms with Gasteiger partial charge in [-0.05, 0) is 49.5 Å². The van der Waals surface area contributed by atoms with Crippen molar-refractivity contribution in [1.29, 1.82) is 0 Å². The Morgan fingerprint density at radius 1 is 1.36 bits per heavy atom. The van der Waals surface area contributed by atoms with Gasteiger partial charge in [-0.1, -0.05) is 38.0 Å². The summed E-state index contributed by atoms with van der Waals surface area (Å²) in [4.78, 5) is 11.4. The number of carboxylic acid groups (broad SMARTS) is 1. The summed E-state index contributed by atoms with van der Waals surface area (Å²) in [6.07, 6.45) is 9.42. The number of halogens is 2. The van der Waals surface area contributed by atoms with Crippen LogP contribution in [0.3, 0.4) is 0 Å². The maximum atomic E-state index is 12.7. The van der Waals surface area contributed by atoms with Crippen molar-refractivity contribution in [3.8, 4) is 0 Å². The first-order valence-corrected chi connectivity index (χ1v) is 8.37. The highest BCUT2D eigenvalue weighted by Gasteiger charge is 2.40. The second kappa shape index (κ2) is 7.38. The van der Waals surface area contributed by atoms with Crippen molar-refractivity contribution in [2.45, 2.75) is 64.7 Å². The average Bonchev–Trinajstić information content (AvgIpc) is 2.48. The van der Waals surface area contributed by atoms with Crippen molar-refractivity contribution in [3.63, 3.8) is 0 Å². The minimum atomic E-state index is -2.60. The second-order valence-electron chi connectivity index (χ2n) is 6.80. The third-order valence-electron chi connectivity index (χ3n) is 5.26. The van der Waals surface area contributed by atoms with E-state index < -0.39 is 24.2 Å². The zero-order valence-electron chi connectivity index (χ0n) is 13.2. The van der Waals surface area contributed by atoms with Gasteiger partial charge in [0.1, 0.15) is 0 Å². The van der Waals surface area contributed by atoms with E-state index in [1.54, 1.807) is 6.08 Å². The average molecular weight is 312 g/mol. The molecule has 2 nitrogen and oxygen atoms in total. The number of alkyl halides is 2. The molecule has 1 N–H and O–H groups in total. The number of hydrogen-bond donors (Lipinski definition) is 1. The predicted molar refractivity (Wildman–Crippen MR) is 82.9 cm³/mol. The van der Waals surface area contributed by atoms with Gasteiger partial charge in [-0.2, -0.15) is 0 Å². The summed E-state index contributed by atoms with van der Waals surface area (Å²) in [5.74, 6) is 0.153. The largest absolute Gasteiger partial charge is 0.481 e. The minimum absolute atomic E-state index is 0.188. The monoisotopic (exact) mass is 312 g/mol. The maximum Gasteiger partial charge on any atom is 0.314 e.